The Bertz CT molecular complexity index is 939. The molecule has 1 fully saturated rings. The van der Waals surface area contributed by atoms with Crippen molar-refractivity contribution in [2.75, 3.05) is 39.8 Å². The number of hydrogen-bond acceptors (Lipinski definition) is 6. The Kier molecular flexibility index (Phi) is 5.24. The van der Waals surface area contributed by atoms with Crippen molar-refractivity contribution in [2.45, 2.75) is 13.5 Å². The van der Waals surface area contributed by atoms with Gasteiger partial charge >= 0.3 is 0 Å². The van der Waals surface area contributed by atoms with E-state index in [0.29, 0.717) is 11.4 Å². The maximum Gasteiger partial charge on any atom is 0.212 e. The lowest BCUT2D eigenvalue weighted by Gasteiger charge is -2.27. The van der Waals surface area contributed by atoms with Crippen LogP contribution in [0.5, 0.6) is 5.88 Å². The van der Waals surface area contributed by atoms with Crippen molar-refractivity contribution < 1.29 is 9.53 Å². The molecule has 0 saturated carbocycles. The zero-order valence-electron chi connectivity index (χ0n) is 15.7. The van der Waals surface area contributed by atoms with E-state index in [1.54, 1.807) is 36.8 Å². The number of aromatic nitrogens is 2. The molecule has 6 nitrogen and oxygen atoms in total. The Hall–Kier alpha value is -2.22. The Morgan fingerprint density at radius 1 is 1.26 bits per heavy atom. The summed E-state index contributed by atoms with van der Waals surface area (Å²) in [6.45, 7) is 8.45. The van der Waals surface area contributed by atoms with E-state index in [2.05, 4.69) is 32.8 Å². The number of carbonyl (C=O) groups is 1. The molecule has 3 aromatic rings. The fourth-order valence-electron chi connectivity index (χ4n) is 3.52. The molecule has 4 heterocycles. The van der Waals surface area contributed by atoms with E-state index in [-0.39, 0.29) is 5.78 Å². The summed E-state index contributed by atoms with van der Waals surface area (Å²) in [6.07, 6.45) is 1.58. The first-order valence-electron chi connectivity index (χ1n) is 9.23. The fraction of sp³-hybridized carbons (Fsp3) is 0.400. The molecule has 0 aliphatic carbocycles. The molecule has 3 aromatic heterocycles. The maximum atomic E-state index is 12.8. The predicted octanol–water partition coefficient (Wildman–Crippen LogP) is 2.55. The average Bonchev–Trinajstić information content (AvgIpc) is 3.24. The number of fused-ring (bicyclic) bond motifs is 1. The zero-order chi connectivity index (χ0) is 18.8. The first-order chi connectivity index (χ1) is 13.2. The average molecular weight is 385 g/mol. The summed E-state index contributed by atoms with van der Waals surface area (Å²) >= 11 is 1.57. The van der Waals surface area contributed by atoms with Crippen LogP contribution in [0.2, 0.25) is 0 Å². The second-order valence-electron chi connectivity index (χ2n) is 6.82. The van der Waals surface area contributed by atoms with Crippen molar-refractivity contribution in [1.29, 1.82) is 0 Å². The summed E-state index contributed by atoms with van der Waals surface area (Å²) in [5.74, 6) is 0.524. The van der Waals surface area contributed by atoms with Crippen molar-refractivity contribution in [3.05, 3.63) is 46.6 Å². The van der Waals surface area contributed by atoms with Crippen LogP contribution in [0, 0.1) is 6.92 Å². The Labute approximate surface area is 162 Å². The van der Waals surface area contributed by atoms with E-state index >= 15 is 0 Å². The molecule has 7 heteroatoms. The van der Waals surface area contributed by atoms with Gasteiger partial charge in [-0.2, -0.15) is 0 Å². The molecular weight excluding hydrogens is 360 g/mol. The minimum atomic E-state index is 0.0117. The second-order valence-corrected chi connectivity index (χ2v) is 7.85. The Balaban J connectivity index is 1.54. The quantitative estimate of drug-likeness (QED) is 0.662. The monoisotopic (exact) mass is 384 g/mol. The van der Waals surface area contributed by atoms with Crippen LogP contribution < -0.4 is 10.1 Å². The maximum absolute atomic E-state index is 12.8. The molecule has 1 aliphatic rings. The predicted molar refractivity (Wildman–Crippen MR) is 108 cm³/mol. The number of piperazine rings is 1. The van der Waals surface area contributed by atoms with Gasteiger partial charge in [0, 0.05) is 68.2 Å². The molecule has 1 saturated heterocycles. The Morgan fingerprint density at radius 3 is 2.78 bits per heavy atom. The van der Waals surface area contributed by atoms with Crippen molar-refractivity contribution in [3.63, 3.8) is 0 Å². The van der Waals surface area contributed by atoms with Crippen LogP contribution in [0.4, 0.5) is 0 Å². The van der Waals surface area contributed by atoms with Crippen LogP contribution in [-0.2, 0) is 6.54 Å². The van der Waals surface area contributed by atoms with Crippen LogP contribution in [-0.4, -0.2) is 60.1 Å². The number of ketones is 1. The molecule has 0 spiro atoms. The van der Waals surface area contributed by atoms with Crippen molar-refractivity contribution in [1.82, 2.24) is 19.8 Å². The number of ether oxygens (including phenoxy) is 1. The van der Waals surface area contributed by atoms with Gasteiger partial charge in [0.05, 0.1) is 12.0 Å². The van der Waals surface area contributed by atoms with E-state index in [1.807, 2.05) is 6.07 Å². The topological polar surface area (TPSA) is 59.4 Å². The standard InChI is InChI=1S/C20H24N4O2S/c1-14-11-16-12-17(19(25)15-3-4-18(26-2)22-13-15)27-20(16)24(14)10-9-23-7-5-21-6-8-23/h3-4,11-13,21H,5-10H2,1-2H3. The smallest absolute Gasteiger partial charge is 0.212 e. The number of hydrogen-bond donors (Lipinski definition) is 1. The SMILES string of the molecule is COc1ccc(C(=O)c2cc3cc(C)n(CCN4CCNCC4)c3s2)cn1. The molecule has 1 aliphatic heterocycles. The number of rotatable bonds is 6. The summed E-state index contributed by atoms with van der Waals surface area (Å²) in [5.41, 5.74) is 1.83. The van der Waals surface area contributed by atoms with E-state index in [4.69, 9.17) is 4.74 Å². The lowest BCUT2D eigenvalue weighted by Crippen LogP contribution is -2.44. The van der Waals surface area contributed by atoms with Gasteiger partial charge in [0.2, 0.25) is 11.7 Å². The third kappa shape index (κ3) is 3.76. The van der Waals surface area contributed by atoms with Crippen LogP contribution in [0.25, 0.3) is 10.2 Å². The highest BCUT2D eigenvalue weighted by Gasteiger charge is 2.17. The minimum absolute atomic E-state index is 0.0117. The number of nitrogens with one attached hydrogen (secondary N) is 1. The van der Waals surface area contributed by atoms with Gasteiger partial charge < -0.3 is 14.6 Å². The van der Waals surface area contributed by atoms with E-state index in [9.17, 15) is 4.79 Å². The highest BCUT2D eigenvalue weighted by atomic mass is 32.1. The molecular formula is C20H24N4O2S. The van der Waals surface area contributed by atoms with E-state index in [0.717, 1.165) is 49.5 Å². The van der Waals surface area contributed by atoms with Gasteiger partial charge in [0.1, 0.15) is 4.83 Å². The molecule has 0 aromatic carbocycles. The number of aryl methyl sites for hydroxylation is 1. The third-order valence-corrected chi connectivity index (χ3v) is 6.23. The number of pyridine rings is 1. The summed E-state index contributed by atoms with van der Waals surface area (Å²) in [6, 6.07) is 7.66. The summed E-state index contributed by atoms with van der Waals surface area (Å²) in [7, 11) is 1.57. The van der Waals surface area contributed by atoms with Crippen LogP contribution in [0.1, 0.15) is 20.9 Å². The van der Waals surface area contributed by atoms with Crippen LogP contribution >= 0.6 is 11.3 Å². The summed E-state index contributed by atoms with van der Waals surface area (Å²) < 4.78 is 7.40. The molecule has 4 rings (SSSR count). The molecule has 0 bridgehead atoms. The van der Waals surface area contributed by atoms with Gasteiger partial charge in [-0.1, -0.05) is 0 Å². The lowest BCUT2D eigenvalue weighted by molar-refractivity contribution is 0.104. The van der Waals surface area contributed by atoms with Crippen molar-refractivity contribution in [3.8, 4) is 5.88 Å². The van der Waals surface area contributed by atoms with Gasteiger partial charge in [-0.15, -0.1) is 11.3 Å². The van der Waals surface area contributed by atoms with E-state index in [1.165, 1.54) is 10.5 Å². The summed E-state index contributed by atoms with van der Waals surface area (Å²) in [5, 5.41) is 4.53. The second kappa shape index (κ2) is 7.80. The molecule has 0 atom stereocenters. The molecule has 27 heavy (non-hydrogen) atoms. The minimum Gasteiger partial charge on any atom is -0.481 e. The molecule has 142 valence electrons. The first-order valence-corrected chi connectivity index (χ1v) is 10.0. The normalized spacial score (nSPS) is 15.3. The molecule has 0 radical (unpaired) electrons. The largest absolute Gasteiger partial charge is 0.481 e. The van der Waals surface area contributed by atoms with Crippen molar-refractivity contribution in [2.24, 2.45) is 0 Å². The number of methoxy groups -OCH3 is 1. The first kappa shape index (κ1) is 18.2. The fourth-order valence-corrected chi connectivity index (χ4v) is 4.70. The van der Waals surface area contributed by atoms with Gasteiger partial charge in [-0.25, -0.2) is 4.98 Å². The van der Waals surface area contributed by atoms with Gasteiger partial charge in [0.25, 0.3) is 0 Å². The number of carbonyl (C=O) groups excluding carboxylic acids is 1. The van der Waals surface area contributed by atoms with Crippen LogP contribution in [0.3, 0.4) is 0 Å². The van der Waals surface area contributed by atoms with Gasteiger partial charge in [-0.3, -0.25) is 9.69 Å². The lowest BCUT2D eigenvalue weighted by atomic mass is 10.1. The molecule has 0 amide bonds. The zero-order valence-corrected chi connectivity index (χ0v) is 16.5. The Morgan fingerprint density at radius 2 is 2.07 bits per heavy atom. The number of nitrogens with zero attached hydrogens (tertiary/aromatic N) is 3. The van der Waals surface area contributed by atoms with Gasteiger partial charge in [0.15, 0.2) is 0 Å². The van der Waals surface area contributed by atoms with E-state index < -0.39 is 0 Å². The number of thiophene rings is 1. The van der Waals surface area contributed by atoms with Gasteiger partial charge in [-0.05, 0) is 25.1 Å². The highest BCUT2D eigenvalue weighted by Crippen LogP contribution is 2.30. The highest BCUT2D eigenvalue weighted by molar-refractivity contribution is 7.20. The molecule has 1 N–H and O–H groups in total. The van der Waals surface area contributed by atoms with Crippen LogP contribution in [0.15, 0.2) is 30.5 Å². The third-order valence-electron chi connectivity index (χ3n) is 5.06. The molecule has 0 unspecified atom stereocenters. The van der Waals surface area contributed by atoms with Crippen molar-refractivity contribution >= 4 is 27.3 Å². The summed E-state index contributed by atoms with van der Waals surface area (Å²) in [4.78, 5) is 21.4.